The molecule has 0 spiro atoms. The molecule has 7 heteroatoms. The fourth-order valence-electron chi connectivity index (χ4n) is 4.47. The van der Waals surface area contributed by atoms with E-state index < -0.39 is 17.9 Å². The summed E-state index contributed by atoms with van der Waals surface area (Å²) in [6, 6.07) is 17.4. The van der Waals surface area contributed by atoms with Crippen LogP contribution in [-0.2, 0) is 30.4 Å². The highest BCUT2D eigenvalue weighted by molar-refractivity contribution is 5.98. The third kappa shape index (κ3) is 6.34. The second-order valence-corrected chi connectivity index (χ2v) is 8.72. The molecule has 1 saturated heterocycles. The number of hydrogen-bond acceptors (Lipinski definition) is 7. The lowest BCUT2D eigenvalue weighted by atomic mass is 9.83. The van der Waals surface area contributed by atoms with Gasteiger partial charge in [0.2, 0.25) is 0 Å². The van der Waals surface area contributed by atoms with Gasteiger partial charge in [-0.2, -0.15) is 0 Å². The van der Waals surface area contributed by atoms with E-state index >= 15 is 0 Å². The molecule has 190 valence electrons. The van der Waals surface area contributed by atoms with Crippen LogP contribution in [0.4, 0.5) is 0 Å². The summed E-state index contributed by atoms with van der Waals surface area (Å²) in [6.07, 6.45) is 5.53. The van der Waals surface area contributed by atoms with Crippen molar-refractivity contribution in [2.75, 3.05) is 26.4 Å². The van der Waals surface area contributed by atoms with Crippen LogP contribution in [-0.4, -0.2) is 49.3 Å². The first kappa shape index (κ1) is 25.5. The third-order valence-corrected chi connectivity index (χ3v) is 6.15. The molecule has 1 atom stereocenters. The minimum atomic E-state index is -0.619. The van der Waals surface area contributed by atoms with Gasteiger partial charge in [0.15, 0.2) is 0 Å². The minimum Gasteiger partial charge on any atom is -0.489 e. The summed E-state index contributed by atoms with van der Waals surface area (Å²) in [7, 11) is 0. The Balaban J connectivity index is 1.61. The zero-order chi connectivity index (χ0) is 25.3. The number of carbonyl (C=O) groups excluding carboxylic acids is 2. The van der Waals surface area contributed by atoms with Crippen LogP contribution in [0, 0.1) is 0 Å². The monoisotopic (exact) mass is 491 g/mol. The smallest absolute Gasteiger partial charge is 0.336 e. The van der Waals surface area contributed by atoms with Crippen molar-refractivity contribution < 1.29 is 28.5 Å². The van der Waals surface area contributed by atoms with Gasteiger partial charge >= 0.3 is 11.9 Å². The van der Waals surface area contributed by atoms with Crippen molar-refractivity contribution in [1.82, 2.24) is 4.90 Å². The Hall–Kier alpha value is -3.58. The van der Waals surface area contributed by atoms with Gasteiger partial charge in [-0.25, -0.2) is 9.59 Å². The SMILES string of the molecule is CCOC(=O)C1=CN(CC2CCCO2)C=C(C(=O)OCC)C1c1ccc(OCc2ccccc2)cc1. The molecular formula is C29H33NO6. The Morgan fingerprint density at radius 2 is 1.56 bits per heavy atom. The van der Waals surface area contributed by atoms with Crippen molar-refractivity contribution >= 4 is 11.9 Å². The van der Waals surface area contributed by atoms with Gasteiger partial charge in [-0.3, -0.25) is 0 Å². The van der Waals surface area contributed by atoms with Crippen molar-refractivity contribution in [3.63, 3.8) is 0 Å². The van der Waals surface area contributed by atoms with Crippen LogP contribution in [0.1, 0.15) is 43.7 Å². The third-order valence-electron chi connectivity index (χ3n) is 6.15. The Labute approximate surface area is 212 Å². The Morgan fingerprint density at radius 3 is 2.11 bits per heavy atom. The van der Waals surface area contributed by atoms with Crippen LogP contribution in [0.3, 0.4) is 0 Å². The van der Waals surface area contributed by atoms with Crippen molar-refractivity contribution in [1.29, 1.82) is 0 Å². The summed E-state index contributed by atoms with van der Waals surface area (Å²) in [5.74, 6) is -0.841. The van der Waals surface area contributed by atoms with Crippen molar-refractivity contribution in [2.24, 2.45) is 0 Å². The van der Waals surface area contributed by atoms with Crippen molar-refractivity contribution in [3.8, 4) is 5.75 Å². The van der Waals surface area contributed by atoms with E-state index in [2.05, 4.69) is 0 Å². The summed E-state index contributed by atoms with van der Waals surface area (Å²) in [4.78, 5) is 28.0. The normalized spacial score (nSPS) is 17.8. The van der Waals surface area contributed by atoms with Crippen LogP contribution >= 0.6 is 0 Å². The first-order chi connectivity index (χ1) is 17.6. The summed E-state index contributed by atoms with van der Waals surface area (Å²) >= 11 is 0. The van der Waals surface area contributed by atoms with Gasteiger partial charge in [-0.15, -0.1) is 0 Å². The molecule has 0 radical (unpaired) electrons. The van der Waals surface area contributed by atoms with E-state index in [0.717, 1.165) is 30.6 Å². The van der Waals surface area contributed by atoms with Gasteiger partial charge in [0.05, 0.1) is 36.4 Å². The second-order valence-electron chi connectivity index (χ2n) is 8.72. The Bertz CT molecular complexity index is 1050. The molecule has 0 bridgehead atoms. The average molecular weight is 492 g/mol. The van der Waals surface area contributed by atoms with Crippen LogP contribution in [0.25, 0.3) is 0 Å². The zero-order valence-corrected chi connectivity index (χ0v) is 20.9. The number of esters is 2. The van der Waals surface area contributed by atoms with Crippen molar-refractivity contribution in [3.05, 3.63) is 89.3 Å². The topological polar surface area (TPSA) is 74.3 Å². The highest BCUT2D eigenvalue weighted by atomic mass is 16.5. The molecule has 0 N–H and O–H groups in total. The van der Waals surface area contributed by atoms with Gasteiger partial charge in [0, 0.05) is 25.6 Å². The van der Waals surface area contributed by atoms with Gasteiger partial charge in [0.25, 0.3) is 0 Å². The fraction of sp³-hybridized carbons (Fsp3) is 0.379. The molecule has 1 unspecified atom stereocenters. The quantitative estimate of drug-likeness (QED) is 0.445. The van der Waals surface area contributed by atoms with E-state index in [0.29, 0.717) is 30.0 Å². The fourth-order valence-corrected chi connectivity index (χ4v) is 4.47. The van der Waals surface area contributed by atoms with Crippen LogP contribution in [0.5, 0.6) is 5.75 Å². The van der Waals surface area contributed by atoms with E-state index in [1.165, 1.54) is 0 Å². The first-order valence-electron chi connectivity index (χ1n) is 12.5. The molecule has 0 saturated carbocycles. The molecular weight excluding hydrogens is 458 g/mol. The summed E-state index contributed by atoms with van der Waals surface area (Å²) in [5.41, 5.74) is 2.62. The van der Waals surface area contributed by atoms with Crippen LogP contribution in [0.2, 0.25) is 0 Å². The number of nitrogens with zero attached hydrogens (tertiary/aromatic N) is 1. The molecule has 2 aliphatic rings. The molecule has 1 fully saturated rings. The Morgan fingerprint density at radius 1 is 0.917 bits per heavy atom. The number of carbonyl (C=O) groups is 2. The number of rotatable bonds is 10. The molecule has 2 heterocycles. The molecule has 2 aromatic carbocycles. The molecule has 4 rings (SSSR count). The number of hydrogen-bond donors (Lipinski definition) is 0. The van der Waals surface area contributed by atoms with Gasteiger partial charge in [0.1, 0.15) is 12.4 Å². The van der Waals surface area contributed by atoms with Crippen LogP contribution < -0.4 is 4.74 Å². The number of benzene rings is 2. The van der Waals surface area contributed by atoms with E-state index in [-0.39, 0.29) is 19.3 Å². The lowest BCUT2D eigenvalue weighted by molar-refractivity contribution is -0.139. The molecule has 2 aromatic rings. The predicted molar refractivity (Wildman–Crippen MR) is 135 cm³/mol. The van der Waals surface area contributed by atoms with E-state index in [4.69, 9.17) is 18.9 Å². The average Bonchev–Trinajstić information content (AvgIpc) is 3.41. The molecule has 0 aliphatic carbocycles. The van der Waals surface area contributed by atoms with Gasteiger partial charge < -0.3 is 23.8 Å². The maximum Gasteiger partial charge on any atom is 0.336 e. The first-order valence-corrected chi connectivity index (χ1v) is 12.5. The van der Waals surface area contributed by atoms with E-state index in [1.54, 1.807) is 26.2 Å². The molecule has 7 nitrogen and oxygen atoms in total. The summed E-state index contributed by atoms with van der Waals surface area (Å²) in [6.45, 7) is 5.72. The van der Waals surface area contributed by atoms with Crippen molar-refractivity contribution in [2.45, 2.75) is 45.3 Å². The zero-order valence-electron chi connectivity index (χ0n) is 20.9. The van der Waals surface area contributed by atoms with Crippen LogP contribution in [0.15, 0.2) is 78.1 Å². The minimum absolute atomic E-state index is 0.0435. The van der Waals surface area contributed by atoms with E-state index in [9.17, 15) is 9.59 Å². The number of ether oxygens (including phenoxy) is 4. The standard InChI is InChI=1S/C29H33NO6/c1-3-33-28(31)25-18-30(17-24-11-8-16-35-24)19-26(29(32)34-4-2)27(25)22-12-14-23(15-13-22)36-20-21-9-6-5-7-10-21/h5-7,9-10,12-15,18-19,24,27H,3-4,8,11,16-17,20H2,1-2H3. The maximum absolute atomic E-state index is 13.1. The molecule has 36 heavy (non-hydrogen) atoms. The summed E-state index contributed by atoms with van der Waals surface area (Å²) < 4.78 is 22.5. The molecule has 2 aliphatic heterocycles. The molecule has 0 aromatic heterocycles. The lowest BCUT2D eigenvalue weighted by Gasteiger charge is -2.31. The predicted octanol–water partition coefficient (Wildman–Crippen LogP) is 4.74. The largest absolute Gasteiger partial charge is 0.489 e. The summed E-state index contributed by atoms with van der Waals surface area (Å²) in [5, 5.41) is 0. The second kappa shape index (κ2) is 12.4. The van der Waals surface area contributed by atoms with Gasteiger partial charge in [-0.1, -0.05) is 42.5 Å². The Kier molecular flexibility index (Phi) is 8.79. The van der Waals surface area contributed by atoms with Gasteiger partial charge in [-0.05, 0) is 49.9 Å². The maximum atomic E-state index is 13.1. The molecule has 0 amide bonds. The lowest BCUT2D eigenvalue weighted by Crippen LogP contribution is -2.32. The highest BCUT2D eigenvalue weighted by Gasteiger charge is 2.36. The highest BCUT2D eigenvalue weighted by Crippen LogP contribution is 2.38. The van der Waals surface area contributed by atoms with E-state index in [1.807, 2.05) is 59.5 Å².